The highest BCUT2D eigenvalue weighted by atomic mass is 79.9. The van der Waals surface area contributed by atoms with Crippen molar-refractivity contribution in [3.63, 3.8) is 0 Å². The lowest BCUT2D eigenvalue weighted by atomic mass is 10.0. The number of hydrogen-bond acceptors (Lipinski definition) is 3. The van der Waals surface area contributed by atoms with Crippen LogP contribution in [0.15, 0.2) is 60.6 Å². The van der Waals surface area contributed by atoms with E-state index in [0.29, 0.717) is 11.3 Å². The van der Waals surface area contributed by atoms with Gasteiger partial charge in [0.2, 0.25) is 0 Å². The van der Waals surface area contributed by atoms with Crippen molar-refractivity contribution >= 4 is 37.9 Å². The van der Waals surface area contributed by atoms with Crippen LogP contribution in [0, 0.1) is 13.8 Å². The smallest absolute Gasteiger partial charge is 0.336 e. The molecular formula is C19H13BrO3. The predicted octanol–water partition coefficient (Wildman–Crippen LogP) is 5.59. The first-order chi connectivity index (χ1) is 11.0. The first-order valence-electron chi connectivity index (χ1n) is 7.26. The lowest BCUT2D eigenvalue weighted by Crippen LogP contribution is -1.98. The average Bonchev–Trinajstić information content (AvgIpc) is 2.84. The van der Waals surface area contributed by atoms with Crippen molar-refractivity contribution in [3.05, 3.63) is 68.5 Å². The zero-order chi connectivity index (χ0) is 16.1. The molecule has 0 aliphatic heterocycles. The van der Waals surface area contributed by atoms with Gasteiger partial charge in [0.05, 0.1) is 0 Å². The van der Waals surface area contributed by atoms with Crippen molar-refractivity contribution in [2.45, 2.75) is 13.8 Å². The van der Waals surface area contributed by atoms with Crippen molar-refractivity contribution in [1.29, 1.82) is 0 Å². The Kier molecular flexibility index (Phi) is 3.16. The first-order valence-corrected chi connectivity index (χ1v) is 8.06. The molecule has 0 aliphatic rings. The summed E-state index contributed by atoms with van der Waals surface area (Å²) in [6.45, 7) is 4.01. The largest absolute Gasteiger partial charge is 0.456 e. The molecule has 4 heteroatoms. The molecule has 0 saturated heterocycles. The van der Waals surface area contributed by atoms with Gasteiger partial charge in [0, 0.05) is 32.4 Å². The van der Waals surface area contributed by atoms with Crippen molar-refractivity contribution in [3.8, 4) is 11.3 Å². The fourth-order valence-electron chi connectivity index (χ4n) is 2.91. The third kappa shape index (κ3) is 2.30. The van der Waals surface area contributed by atoms with Crippen LogP contribution in [0.25, 0.3) is 33.3 Å². The quantitative estimate of drug-likeness (QED) is 0.411. The van der Waals surface area contributed by atoms with Crippen LogP contribution in [0.1, 0.15) is 11.1 Å². The van der Waals surface area contributed by atoms with Gasteiger partial charge in [-0.15, -0.1) is 0 Å². The van der Waals surface area contributed by atoms with Crippen LogP contribution in [-0.4, -0.2) is 0 Å². The molecule has 4 rings (SSSR count). The number of hydrogen-bond donors (Lipinski definition) is 0. The molecule has 0 fully saturated rings. The standard InChI is InChI=1S/C19H13BrO3/c1-10-3-5-17-14(7-10)15(9-18(21)22-17)19-11(2)13-8-12(20)4-6-16(13)23-19/h3-9H,1-2H3. The van der Waals surface area contributed by atoms with Crippen molar-refractivity contribution in [2.24, 2.45) is 0 Å². The van der Waals surface area contributed by atoms with Crippen molar-refractivity contribution in [2.75, 3.05) is 0 Å². The summed E-state index contributed by atoms with van der Waals surface area (Å²) in [7, 11) is 0. The second-order valence-corrected chi connectivity index (χ2v) is 6.59. The van der Waals surface area contributed by atoms with Crippen molar-refractivity contribution in [1.82, 2.24) is 0 Å². The average molecular weight is 369 g/mol. The molecule has 0 spiro atoms. The maximum Gasteiger partial charge on any atom is 0.336 e. The van der Waals surface area contributed by atoms with Gasteiger partial charge in [-0.25, -0.2) is 4.79 Å². The minimum atomic E-state index is -0.377. The predicted molar refractivity (Wildman–Crippen MR) is 94.9 cm³/mol. The minimum absolute atomic E-state index is 0.377. The van der Waals surface area contributed by atoms with Gasteiger partial charge in [0.15, 0.2) is 0 Å². The highest BCUT2D eigenvalue weighted by Crippen LogP contribution is 2.37. The highest BCUT2D eigenvalue weighted by molar-refractivity contribution is 9.10. The van der Waals surface area contributed by atoms with E-state index < -0.39 is 0 Å². The van der Waals surface area contributed by atoms with Gasteiger partial charge in [-0.2, -0.15) is 0 Å². The van der Waals surface area contributed by atoms with Crippen LogP contribution in [0.5, 0.6) is 0 Å². The van der Waals surface area contributed by atoms with Crippen LogP contribution < -0.4 is 5.63 Å². The lowest BCUT2D eigenvalue weighted by molar-refractivity contribution is 0.559. The molecule has 2 aromatic heterocycles. The number of rotatable bonds is 1. The summed E-state index contributed by atoms with van der Waals surface area (Å²) in [5.74, 6) is 0.710. The van der Waals surface area contributed by atoms with Gasteiger partial charge in [0.25, 0.3) is 0 Å². The van der Waals surface area contributed by atoms with E-state index in [9.17, 15) is 4.79 Å². The SMILES string of the molecule is Cc1ccc2oc(=O)cc(-c3oc4ccc(Br)cc4c3C)c2c1. The van der Waals surface area contributed by atoms with Gasteiger partial charge >= 0.3 is 5.63 Å². The maximum atomic E-state index is 11.9. The fraction of sp³-hybridized carbons (Fsp3) is 0.105. The number of fused-ring (bicyclic) bond motifs is 2. The molecule has 23 heavy (non-hydrogen) atoms. The third-order valence-corrected chi connectivity index (χ3v) is 4.53. The fourth-order valence-corrected chi connectivity index (χ4v) is 3.28. The Bertz CT molecular complexity index is 1120. The van der Waals surface area contributed by atoms with Gasteiger partial charge in [-0.3, -0.25) is 0 Å². The Balaban J connectivity index is 2.12. The minimum Gasteiger partial charge on any atom is -0.456 e. The zero-order valence-electron chi connectivity index (χ0n) is 12.6. The van der Waals surface area contributed by atoms with E-state index >= 15 is 0 Å². The third-order valence-electron chi connectivity index (χ3n) is 4.04. The van der Waals surface area contributed by atoms with Crippen LogP contribution in [0.4, 0.5) is 0 Å². The molecule has 0 atom stereocenters. The molecule has 0 bridgehead atoms. The molecule has 3 nitrogen and oxygen atoms in total. The highest BCUT2D eigenvalue weighted by Gasteiger charge is 2.17. The van der Waals surface area contributed by atoms with Crippen LogP contribution >= 0.6 is 15.9 Å². The Hall–Kier alpha value is -2.33. The molecule has 2 heterocycles. The van der Waals surface area contributed by atoms with E-state index in [1.54, 1.807) is 0 Å². The maximum absolute atomic E-state index is 11.9. The molecule has 0 amide bonds. The van der Waals surface area contributed by atoms with E-state index in [4.69, 9.17) is 8.83 Å². The molecular weight excluding hydrogens is 356 g/mol. The number of aryl methyl sites for hydroxylation is 2. The number of halogens is 1. The summed E-state index contributed by atoms with van der Waals surface area (Å²) >= 11 is 3.49. The monoisotopic (exact) mass is 368 g/mol. The van der Waals surface area contributed by atoms with Gasteiger partial charge in [-0.1, -0.05) is 27.6 Å². The Morgan fingerprint density at radius 3 is 2.43 bits per heavy atom. The topological polar surface area (TPSA) is 43.4 Å². The summed E-state index contributed by atoms with van der Waals surface area (Å²) in [4.78, 5) is 11.9. The summed E-state index contributed by atoms with van der Waals surface area (Å²) < 4.78 is 12.3. The second-order valence-electron chi connectivity index (χ2n) is 5.68. The number of furan rings is 1. The van der Waals surface area contributed by atoms with E-state index in [-0.39, 0.29) is 5.63 Å². The molecule has 0 radical (unpaired) electrons. The van der Waals surface area contributed by atoms with Crippen LogP contribution in [0.3, 0.4) is 0 Å². The van der Waals surface area contributed by atoms with Gasteiger partial charge in [0.1, 0.15) is 16.9 Å². The molecule has 0 aliphatic carbocycles. The summed E-state index contributed by atoms with van der Waals surface area (Å²) in [6, 6.07) is 13.2. The molecule has 4 aromatic rings. The second kappa shape index (κ2) is 5.10. The van der Waals surface area contributed by atoms with E-state index in [0.717, 1.165) is 37.5 Å². The molecule has 114 valence electrons. The lowest BCUT2D eigenvalue weighted by Gasteiger charge is -2.05. The van der Waals surface area contributed by atoms with Crippen LogP contribution in [-0.2, 0) is 0 Å². The van der Waals surface area contributed by atoms with E-state index in [1.807, 2.05) is 50.2 Å². The zero-order valence-corrected chi connectivity index (χ0v) is 14.2. The Morgan fingerprint density at radius 1 is 0.870 bits per heavy atom. The molecule has 2 aromatic carbocycles. The van der Waals surface area contributed by atoms with E-state index in [2.05, 4.69) is 15.9 Å². The van der Waals surface area contributed by atoms with Gasteiger partial charge < -0.3 is 8.83 Å². The molecule has 0 N–H and O–H groups in total. The summed E-state index contributed by atoms with van der Waals surface area (Å²) in [5, 5.41) is 1.91. The Morgan fingerprint density at radius 2 is 1.61 bits per heavy atom. The Labute approximate surface area is 140 Å². The van der Waals surface area contributed by atoms with Crippen LogP contribution in [0.2, 0.25) is 0 Å². The molecule has 0 saturated carbocycles. The summed E-state index contributed by atoms with van der Waals surface area (Å²) in [6.07, 6.45) is 0. The molecule has 0 unspecified atom stereocenters. The number of benzene rings is 2. The normalized spacial score (nSPS) is 11.4. The van der Waals surface area contributed by atoms with E-state index in [1.165, 1.54) is 6.07 Å². The summed E-state index contributed by atoms with van der Waals surface area (Å²) in [5.41, 5.74) is 3.87. The first kappa shape index (κ1) is 14.3. The van der Waals surface area contributed by atoms with Gasteiger partial charge in [-0.05, 0) is 44.2 Å². The van der Waals surface area contributed by atoms with Crippen molar-refractivity contribution < 1.29 is 8.83 Å².